The molecule has 0 aliphatic heterocycles. The highest BCUT2D eigenvalue weighted by molar-refractivity contribution is 8.00. The average Bonchev–Trinajstić information content (AvgIpc) is 2.41. The molecule has 19 heavy (non-hydrogen) atoms. The van der Waals surface area contributed by atoms with E-state index in [4.69, 9.17) is 15.6 Å². The Morgan fingerprint density at radius 1 is 1.58 bits per heavy atom. The second-order valence-corrected chi connectivity index (χ2v) is 5.48. The van der Waals surface area contributed by atoms with E-state index < -0.39 is 0 Å². The Labute approximate surface area is 117 Å². The molecule has 1 unspecified atom stereocenters. The van der Waals surface area contributed by atoms with Crippen molar-refractivity contribution in [3.05, 3.63) is 18.2 Å². The highest BCUT2D eigenvalue weighted by atomic mass is 32.2. The molecule has 0 aliphatic rings. The van der Waals surface area contributed by atoms with Crippen LogP contribution in [0.3, 0.4) is 0 Å². The predicted molar refractivity (Wildman–Crippen MR) is 79.7 cm³/mol. The molecular formula is C13H20N2O3S. The summed E-state index contributed by atoms with van der Waals surface area (Å²) in [7, 11) is 1.56. The topological polar surface area (TPSA) is 84.6 Å². The first-order valence-electron chi connectivity index (χ1n) is 6.05. The lowest BCUT2D eigenvalue weighted by Crippen LogP contribution is -2.23. The summed E-state index contributed by atoms with van der Waals surface area (Å²) in [6.45, 7) is 1.98. The van der Waals surface area contributed by atoms with Crippen molar-refractivity contribution in [1.82, 2.24) is 0 Å². The Hall–Kier alpha value is -1.40. The first kappa shape index (κ1) is 15.7. The molecule has 0 bridgehead atoms. The largest absolute Gasteiger partial charge is 0.497 e. The van der Waals surface area contributed by atoms with E-state index in [2.05, 4.69) is 5.32 Å². The fourth-order valence-corrected chi connectivity index (χ4v) is 2.28. The minimum atomic E-state index is -0.187. The molecule has 1 aromatic rings. The fourth-order valence-electron chi connectivity index (χ4n) is 1.42. The number of ether oxygens (including phenoxy) is 1. The standard InChI is InChI=1S/C13H20N2O3S/c1-9(19-7-3-6-16)13(17)15-12-5-4-10(18-2)8-11(12)14/h4-5,8-9,16H,3,6-7,14H2,1-2H3,(H,15,17). The SMILES string of the molecule is COc1ccc(NC(=O)C(C)SCCCO)c(N)c1. The number of methoxy groups -OCH3 is 1. The van der Waals surface area contributed by atoms with Crippen LogP contribution in [0.2, 0.25) is 0 Å². The lowest BCUT2D eigenvalue weighted by Gasteiger charge is -2.13. The van der Waals surface area contributed by atoms with E-state index in [-0.39, 0.29) is 17.8 Å². The number of rotatable bonds is 7. The molecule has 1 amide bonds. The van der Waals surface area contributed by atoms with E-state index in [1.807, 2.05) is 6.92 Å². The first-order valence-corrected chi connectivity index (χ1v) is 7.10. The van der Waals surface area contributed by atoms with E-state index in [0.29, 0.717) is 23.5 Å². The molecule has 1 aromatic carbocycles. The van der Waals surface area contributed by atoms with Gasteiger partial charge in [-0.3, -0.25) is 4.79 Å². The van der Waals surface area contributed by atoms with Crippen molar-refractivity contribution in [3.63, 3.8) is 0 Å². The number of carbonyl (C=O) groups excluding carboxylic acids is 1. The maximum Gasteiger partial charge on any atom is 0.237 e. The van der Waals surface area contributed by atoms with Crippen LogP contribution in [0.4, 0.5) is 11.4 Å². The van der Waals surface area contributed by atoms with Crippen LogP contribution < -0.4 is 15.8 Å². The summed E-state index contributed by atoms with van der Waals surface area (Å²) < 4.78 is 5.05. The number of amides is 1. The number of nitrogens with one attached hydrogen (secondary N) is 1. The monoisotopic (exact) mass is 284 g/mol. The maximum atomic E-state index is 11.9. The quantitative estimate of drug-likeness (QED) is 0.524. The van der Waals surface area contributed by atoms with Crippen molar-refractivity contribution in [2.75, 3.05) is 30.5 Å². The summed E-state index contributed by atoms with van der Waals surface area (Å²) in [6.07, 6.45) is 0.687. The van der Waals surface area contributed by atoms with Crippen molar-refractivity contribution >= 4 is 29.0 Å². The smallest absolute Gasteiger partial charge is 0.237 e. The summed E-state index contributed by atoms with van der Waals surface area (Å²) >= 11 is 1.50. The third-order valence-corrected chi connectivity index (χ3v) is 3.79. The molecule has 1 atom stereocenters. The van der Waals surface area contributed by atoms with Gasteiger partial charge in [0.15, 0.2) is 0 Å². The van der Waals surface area contributed by atoms with Gasteiger partial charge in [-0.1, -0.05) is 0 Å². The van der Waals surface area contributed by atoms with Crippen molar-refractivity contribution in [1.29, 1.82) is 0 Å². The van der Waals surface area contributed by atoms with Gasteiger partial charge in [0.2, 0.25) is 5.91 Å². The van der Waals surface area contributed by atoms with Gasteiger partial charge < -0.3 is 20.9 Å². The number of anilines is 2. The number of nitrogens with two attached hydrogens (primary N) is 1. The molecule has 0 spiro atoms. The number of aliphatic hydroxyl groups excluding tert-OH is 1. The summed E-state index contributed by atoms with van der Waals surface area (Å²) in [5.74, 6) is 1.31. The van der Waals surface area contributed by atoms with Gasteiger partial charge in [0.1, 0.15) is 5.75 Å². The van der Waals surface area contributed by atoms with Crippen LogP contribution in [-0.4, -0.2) is 35.7 Å². The average molecular weight is 284 g/mol. The normalized spacial score (nSPS) is 11.9. The molecule has 0 saturated carbocycles. The molecule has 0 fully saturated rings. The number of thioether (sulfide) groups is 1. The van der Waals surface area contributed by atoms with Crippen LogP contribution in [0.25, 0.3) is 0 Å². The Morgan fingerprint density at radius 3 is 2.89 bits per heavy atom. The molecule has 0 saturated heterocycles. The first-order chi connectivity index (χ1) is 9.08. The zero-order valence-electron chi connectivity index (χ0n) is 11.2. The van der Waals surface area contributed by atoms with Gasteiger partial charge in [0.25, 0.3) is 0 Å². The van der Waals surface area contributed by atoms with Crippen molar-refractivity contribution in [2.45, 2.75) is 18.6 Å². The molecular weight excluding hydrogens is 264 g/mol. The van der Waals surface area contributed by atoms with Crippen LogP contribution in [0.15, 0.2) is 18.2 Å². The third-order valence-electron chi connectivity index (χ3n) is 2.56. The highest BCUT2D eigenvalue weighted by Crippen LogP contribution is 2.25. The van der Waals surface area contributed by atoms with Crippen molar-refractivity contribution in [3.8, 4) is 5.75 Å². The molecule has 0 heterocycles. The summed E-state index contributed by atoms with van der Waals surface area (Å²) in [4.78, 5) is 11.9. The molecule has 0 radical (unpaired) electrons. The molecule has 0 aromatic heterocycles. The summed E-state index contributed by atoms with van der Waals surface area (Å²) in [6, 6.07) is 5.13. The minimum Gasteiger partial charge on any atom is -0.497 e. The Balaban J connectivity index is 2.56. The lowest BCUT2D eigenvalue weighted by atomic mass is 10.2. The van der Waals surface area contributed by atoms with Crippen LogP contribution in [-0.2, 0) is 4.79 Å². The Kier molecular flexibility index (Phi) is 6.52. The molecule has 1 rings (SSSR count). The molecule has 5 nitrogen and oxygen atoms in total. The van der Waals surface area contributed by atoms with E-state index in [0.717, 1.165) is 5.75 Å². The number of hydrogen-bond donors (Lipinski definition) is 3. The summed E-state index contributed by atoms with van der Waals surface area (Å²) in [5, 5.41) is 11.3. The second kappa shape index (κ2) is 7.91. The minimum absolute atomic E-state index is 0.0974. The van der Waals surface area contributed by atoms with Gasteiger partial charge in [-0.15, -0.1) is 11.8 Å². The van der Waals surface area contributed by atoms with Gasteiger partial charge in [0.05, 0.1) is 23.7 Å². The molecule has 0 aliphatic carbocycles. The maximum absolute atomic E-state index is 11.9. The van der Waals surface area contributed by atoms with Crippen LogP contribution >= 0.6 is 11.8 Å². The highest BCUT2D eigenvalue weighted by Gasteiger charge is 2.14. The van der Waals surface area contributed by atoms with Crippen molar-refractivity contribution < 1.29 is 14.6 Å². The predicted octanol–water partition coefficient (Wildman–Crippen LogP) is 1.72. The zero-order chi connectivity index (χ0) is 14.3. The van der Waals surface area contributed by atoms with Gasteiger partial charge >= 0.3 is 0 Å². The van der Waals surface area contributed by atoms with E-state index in [1.54, 1.807) is 25.3 Å². The molecule has 106 valence electrons. The van der Waals surface area contributed by atoms with E-state index in [9.17, 15) is 4.79 Å². The number of nitrogen functional groups attached to an aromatic ring is 1. The number of benzene rings is 1. The lowest BCUT2D eigenvalue weighted by molar-refractivity contribution is -0.115. The van der Waals surface area contributed by atoms with E-state index >= 15 is 0 Å². The third kappa shape index (κ3) is 5.00. The summed E-state index contributed by atoms with van der Waals surface area (Å²) in [5.41, 5.74) is 6.89. The second-order valence-electron chi connectivity index (χ2n) is 4.03. The van der Waals surface area contributed by atoms with Crippen LogP contribution in [0.5, 0.6) is 5.75 Å². The number of carbonyl (C=O) groups is 1. The van der Waals surface area contributed by atoms with Gasteiger partial charge in [-0.2, -0.15) is 0 Å². The number of hydrogen-bond acceptors (Lipinski definition) is 5. The van der Waals surface area contributed by atoms with Gasteiger partial charge in [-0.05, 0) is 31.2 Å². The van der Waals surface area contributed by atoms with Gasteiger partial charge in [-0.25, -0.2) is 0 Å². The fraction of sp³-hybridized carbons (Fsp3) is 0.462. The molecule has 6 heteroatoms. The van der Waals surface area contributed by atoms with Crippen LogP contribution in [0, 0.1) is 0 Å². The van der Waals surface area contributed by atoms with E-state index in [1.165, 1.54) is 11.8 Å². The van der Waals surface area contributed by atoms with Gasteiger partial charge in [0, 0.05) is 12.7 Å². The Morgan fingerprint density at radius 2 is 2.32 bits per heavy atom. The number of aliphatic hydroxyl groups is 1. The van der Waals surface area contributed by atoms with Crippen molar-refractivity contribution in [2.24, 2.45) is 0 Å². The van der Waals surface area contributed by atoms with Crippen LogP contribution in [0.1, 0.15) is 13.3 Å². The molecule has 4 N–H and O–H groups in total. The zero-order valence-corrected chi connectivity index (χ0v) is 12.0. The Bertz CT molecular complexity index is 426.